The van der Waals surface area contributed by atoms with Gasteiger partial charge < -0.3 is 4.74 Å². The Morgan fingerprint density at radius 2 is 1.73 bits per heavy atom. The number of carbonyl (C=O) groups is 1. The van der Waals surface area contributed by atoms with E-state index >= 15 is 0 Å². The Hall–Kier alpha value is -3.73. The molecular weight excluding hydrogens is 379 g/mol. The molecule has 0 fully saturated rings. The third kappa shape index (κ3) is 4.30. The summed E-state index contributed by atoms with van der Waals surface area (Å²) in [5.41, 5.74) is 3.49. The van der Waals surface area contributed by atoms with E-state index in [1.165, 1.54) is 23.2 Å². The van der Waals surface area contributed by atoms with E-state index in [2.05, 4.69) is 5.10 Å². The Kier molecular flexibility index (Phi) is 5.70. The second-order valence-corrected chi connectivity index (χ2v) is 6.97. The summed E-state index contributed by atoms with van der Waals surface area (Å²) in [6.45, 7) is 0. The first kappa shape index (κ1) is 19.6. The van der Waals surface area contributed by atoms with Gasteiger partial charge in [-0.25, -0.2) is 9.40 Å². The van der Waals surface area contributed by atoms with Gasteiger partial charge in [0.25, 0.3) is 5.91 Å². The normalized spacial score (nSPS) is 16.0. The molecule has 5 heteroatoms. The van der Waals surface area contributed by atoms with E-state index in [1.807, 2.05) is 54.6 Å². The molecule has 3 aromatic carbocycles. The third-order valence-corrected chi connectivity index (χ3v) is 5.03. The molecule has 0 N–H and O–H groups in total. The topological polar surface area (TPSA) is 41.9 Å². The van der Waals surface area contributed by atoms with E-state index < -0.39 is 0 Å². The molecule has 30 heavy (non-hydrogen) atoms. The van der Waals surface area contributed by atoms with Crippen LogP contribution in [-0.2, 0) is 4.79 Å². The standard InChI is InChI=1S/C25H21FN2O2/c1-30-22-14-10-19(11-15-22)23-17-24(20-8-12-21(26)13-9-20)28(27-23)25(29)16-7-18-5-3-2-4-6-18/h2-16,24H,17H2,1H3. The lowest BCUT2D eigenvalue weighted by molar-refractivity contribution is -0.127. The van der Waals surface area contributed by atoms with Gasteiger partial charge in [-0.3, -0.25) is 4.79 Å². The lowest BCUT2D eigenvalue weighted by Gasteiger charge is -2.20. The quantitative estimate of drug-likeness (QED) is 0.551. The monoisotopic (exact) mass is 400 g/mol. The molecule has 1 amide bonds. The number of nitrogens with zero attached hydrogens (tertiary/aromatic N) is 2. The summed E-state index contributed by atoms with van der Waals surface area (Å²) >= 11 is 0. The number of carbonyl (C=O) groups excluding carboxylic acids is 1. The smallest absolute Gasteiger partial charge is 0.267 e. The van der Waals surface area contributed by atoms with Gasteiger partial charge in [0.15, 0.2) is 0 Å². The molecule has 1 aliphatic heterocycles. The molecule has 1 atom stereocenters. The maximum Gasteiger partial charge on any atom is 0.267 e. The zero-order chi connectivity index (χ0) is 20.9. The van der Waals surface area contributed by atoms with Crippen molar-refractivity contribution in [2.45, 2.75) is 12.5 Å². The first-order valence-corrected chi connectivity index (χ1v) is 9.68. The predicted octanol–water partition coefficient (Wildman–Crippen LogP) is 5.23. The van der Waals surface area contributed by atoms with Gasteiger partial charge in [-0.05, 0) is 59.2 Å². The molecule has 1 aliphatic rings. The minimum atomic E-state index is -0.310. The summed E-state index contributed by atoms with van der Waals surface area (Å²) in [5.74, 6) is 0.220. The average Bonchev–Trinajstić information content (AvgIpc) is 3.24. The van der Waals surface area contributed by atoms with Crippen LogP contribution < -0.4 is 4.74 Å². The van der Waals surface area contributed by atoms with Gasteiger partial charge in [-0.2, -0.15) is 5.10 Å². The lowest BCUT2D eigenvalue weighted by atomic mass is 9.98. The molecule has 0 spiro atoms. The first-order chi connectivity index (χ1) is 14.6. The van der Waals surface area contributed by atoms with Crippen molar-refractivity contribution >= 4 is 17.7 Å². The van der Waals surface area contributed by atoms with E-state index in [4.69, 9.17) is 4.74 Å². The van der Waals surface area contributed by atoms with E-state index in [-0.39, 0.29) is 17.8 Å². The number of ether oxygens (including phenoxy) is 1. The third-order valence-electron chi connectivity index (χ3n) is 5.03. The number of hydrogen-bond acceptors (Lipinski definition) is 3. The maximum absolute atomic E-state index is 13.4. The van der Waals surface area contributed by atoms with Crippen molar-refractivity contribution in [3.05, 3.63) is 107 Å². The predicted molar refractivity (Wildman–Crippen MR) is 116 cm³/mol. The number of methoxy groups -OCH3 is 1. The van der Waals surface area contributed by atoms with Crippen molar-refractivity contribution in [2.24, 2.45) is 5.10 Å². The van der Waals surface area contributed by atoms with Gasteiger partial charge in [0.2, 0.25) is 0 Å². The Morgan fingerprint density at radius 3 is 2.40 bits per heavy atom. The highest BCUT2D eigenvalue weighted by atomic mass is 19.1. The molecule has 3 aromatic rings. The van der Waals surface area contributed by atoms with Gasteiger partial charge >= 0.3 is 0 Å². The van der Waals surface area contributed by atoms with E-state index in [9.17, 15) is 9.18 Å². The largest absolute Gasteiger partial charge is 0.497 e. The lowest BCUT2D eigenvalue weighted by Crippen LogP contribution is -2.25. The zero-order valence-corrected chi connectivity index (χ0v) is 16.5. The molecule has 4 rings (SSSR count). The Labute approximate surface area is 174 Å². The van der Waals surface area contributed by atoms with Gasteiger partial charge in [0.1, 0.15) is 11.6 Å². The Morgan fingerprint density at radius 1 is 1.03 bits per heavy atom. The van der Waals surface area contributed by atoms with E-state index in [0.29, 0.717) is 6.42 Å². The van der Waals surface area contributed by atoms with Crippen LogP contribution in [0.25, 0.3) is 6.08 Å². The minimum Gasteiger partial charge on any atom is -0.497 e. The molecule has 0 saturated heterocycles. The molecule has 150 valence electrons. The maximum atomic E-state index is 13.4. The highest BCUT2D eigenvalue weighted by molar-refractivity contribution is 6.04. The Balaban J connectivity index is 1.64. The fourth-order valence-electron chi connectivity index (χ4n) is 3.42. The van der Waals surface area contributed by atoms with Crippen molar-refractivity contribution in [2.75, 3.05) is 7.11 Å². The highest BCUT2D eigenvalue weighted by Gasteiger charge is 2.32. The fourth-order valence-corrected chi connectivity index (χ4v) is 3.42. The summed E-state index contributed by atoms with van der Waals surface area (Å²) in [5, 5.41) is 6.10. The number of benzene rings is 3. The van der Waals surface area contributed by atoms with Crippen molar-refractivity contribution in [1.29, 1.82) is 0 Å². The van der Waals surface area contributed by atoms with Crippen LogP contribution in [0.3, 0.4) is 0 Å². The molecule has 1 unspecified atom stereocenters. The van der Waals surface area contributed by atoms with Gasteiger partial charge in [-0.1, -0.05) is 42.5 Å². The molecule has 0 bridgehead atoms. The minimum absolute atomic E-state index is 0.225. The van der Waals surface area contributed by atoms with Crippen molar-refractivity contribution in [3.63, 3.8) is 0 Å². The second-order valence-electron chi connectivity index (χ2n) is 6.97. The zero-order valence-electron chi connectivity index (χ0n) is 16.5. The van der Waals surface area contributed by atoms with Crippen LogP contribution in [0.2, 0.25) is 0 Å². The first-order valence-electron chi connectivity index (χ1n) is 9.68. The SMILES string of the molecule is COc1ccc(C2=NN(C(=O)C=Cc3ccccc3)C(c3ccc(F)cc3)C2)cc1. The van der Waals surface area contributed by atoms with Crippen molar-refractivity contribution in [3.8, 4) is 5.75 Å². The number of hydrazone groups is 1. The van der Waals surface area contributed by atoms with E-state index in [0.717, 1.165) is 28.2 Å². The fraction of sp³-hybridized carbons (Fsp3) is 0.120. The summed E-state index contributed by atoms with van der Waals surface area (Å²) in [4.78, 5) is 13.0. The van der Waals surface area contributed by atoms with Crippen LogP contribution >= 0.6 is 0 Å². The molecule has 0 aromatic heterocycles. The number of rotatable bonds is 5. The van der Waals surface area contributed by atoms with Gasteiger partial charge in [0, 0.05) is 12.5 Å². The average molecular weight is 400 g/mol. The number of amides is 1. The van der Waals surface area contributed by atoms with E-state index in [1.54, 1.807) is 25.3 Å². The highest BCUT2D eigenvalue weighted by Crippen LogP contribution is 2.33. The van der Waals surface area contributed by atoms with Crippen LogP contribution in [0.15, 0.2) is 90.0 Å². The van der Waals surface area contributed by atoms with Crippen molar-refractivity contribution in [1.82, 2.24) is 5.01 Å². The number of hydrogen-bond donors (Lipinski definition) is 0. The van der Waals surface area contributed by atoms with Gasteiger partial charge in [-0.15, -0.1) is 0 Å². The summed E-state index contributed by atoms with van der Waals surface area (Å²) < 4.78 is 18.6. The molecule has 0 radical (unpaired) electrons. The summed E-state index contributed by atoms with van der Waals surface area (Å²) in [6, 6.07) is 23.1. The van der Waals surface area contributed by atoms with Crippen molar-refractivity contribution < 1.29 is 13.9 Å². The molecule has 0 saturated carbocycles. The summed E-state index contributed by atoms with van der Waals surface area (Å²) in [7, 11) is 1.62. The van der Waals surface area contributed by atoms with Crippen LogP contribution in [-0.4, -0.2) is 23.7 Å². The molecule has 1 heterocycles. The molecule has 4 nitrogen and oxygen atoms in total. The Bertz CT molecular complexity index is 1070. The van der Waals surface area contributed by atoms with Crippen LogP contribution in [0, 0.1) is 5.82 Å². The summed E-state index contributed by atoms with van der Waals surface area (Å²) in [6.07, 6.45) is 3.83. The van der Waals surface area contributed by atoms with Crippen LogP contribution in [0.1, 0.15) is 29.2 Å². The molecular formula is C25H21FN2O2. The molecule has 0 aliphatic carbocycles. The van der Waals surface area contributed by atoms with Crippen LogP contribution in [0.4, 0.5) is 4.39 Å². The van der Waals surface area contributed by atoms with Crippen LogP contribution in [0.5, 0.6) is 5.75 Å². The van der Waals surface area contributed by atoms with Gasteiger partial charge in [0.05, 0.1) is 18.9 Å². The number of halogens is 1. The second kappa shape index (κ2) is 8.74.